The van der Waals surface area contributed by atoms with Crippen molar-refractivity contribution in [3.05, 3.63) is 76.3 Å². The van der Waals surface area contributed by atoms with E-state index in [0.29, 0.717) is 19.5 Å². The summed E-state index contributed by atoms with van der Waals surface area (Å²) in [5.74, 6) is -0.439. The van der Waals surface area contributed by atoms with Crippen LogP contribution in [0.2, 0.25) is 5.02 Å². The maximum absolute atomic E-state index is 13.6. The van der Waals surface area contributed by atoms with E-state index in [4.69, 9.17) is 16.3 Å². The molecule has 2 N–H and O–H groups in total. The third kappa shape index (κ3) is 6.37. The fourth-order valence-corrected chi connectivity index (χ4v) is 6.77. The highest BCUT2D eigenvalue weighted by molar-refractivity contribution is 7.99. The van der Waals surface area contributed by atoms with Crippen molar-refractivity contribution in [2.24, 2.45) is 0 Å². The summed E-state index contributed by atoms with van der Waals surface area (Å²) in [5, 5.41) is 3.06. The lowest BCUT2D eigenvalue weighted by Gasteiger charge is -2.27. The van der Waals surface area contributed by atoms with Crippen LogP contribution in [-0.2, 0) is 16.2 Å². The van der Waals surface area contributed by atoms with E-state index < -0.39 is 33.1 Å². The van der Waals surface area contributed by atoms with Crippen LogP contribution in [0.15, 0.2) is 69.3 Å². The third-order valence-electron chi connectivity index (χ3n) is 6.05. The van der Waals surface area contributed by atoms with Crippen molar-refractivity contribution in [3.63, 3.8) is 0 Å². The normalized spacial score (nSPS) is 18.1. The Hall–Kier alpha value is -2.40. The molecule has 1 aliphatic heterocycles. The molecule has 0 unspecified atom stereocenters. The molecule has 37 heavy (non-hydrogen) atoms. The van der Waals surface area contributed by atoms with Gasteiger partial charge in [-0.2, -0.15) is 13.2 Å². The van der Waals surface area contributed by atoms with Crippen LogP contribution >= 0.6 is 23.4 Å². The van der Waals surface area contributed by atoms with E-state index >= 15 is 0 Å². The minimum Gasteiger partial charge on any atom is -0.485 e. The molecule has 198 valence electrons. The number of anilines is 1. The number of sulfonamides is 1. The quantitative estimate of drug-likeness (QED) is 0.318. The summed E-state index contributed by atoms with van der Waals surface area (Å²) in [6.07, 6.45) is -4.15. The Morgan fingerprint density at radius 3 is 2.38 bits per heavy atom. The third-order valence-corrected chi connectivity index (χ3v) is 9.25. The summed E-state index contributed by atoms with van der Waals surface area (Å²) >= 11 is 7.83. The van der Waals surface area contributed by atoms with Gasteiger partial charge in [-0.25, -0.2) is 8.42 Å². The molecule has 11 heteroatoms. The highest BCUT2D eigenvalue weighted by Crippen LogP contribution is 2.41. The van der Waals surface area contributed by atoms with Gasteiger partial charge in [-0.1, -0.05) is 41.6 Å². The smallest absolute Gasteiger partial charge is 0.419 e. The molecule has 0 amide bonds. The van der Waals surface area contributed by atoms with Gasteiger partial charge in [0.15, 0.2) is 0 Å². The van der Waals surface area contributed by atoms with E-state index in [9.17, 15) is 21.6 Å². The molecule has 1 fully saturated rings. The molecule has 4 rings (SSSR count). The van der Waals surface area contributed by atoms with Gasteiger partial charge in [-0.15, -0.1) is 0 Å². The van der Waals surface area contributed by atoms with Crippen LogP contribution in [0.25, 0.3) is 0 Å². The van der Waals surface area contributed by atoms with Gasteiger partial charge in [-0.05, 0) is 68.8 Å². The second-order valence-electron chi connectivity index (χ2n) is 9.21. The van der Waals surface area contributed by atoms with Crippen LogP contribution in [0.5, 0.6) is 5.75 Å². The van der Waals surface area contributed by atoms with Crippen molar-refractivity contribution in [2.45, 2.75) is 53.7 Å². The zero-order valence-electron chi connectivity index (χ0n) is 20.4. The van der Waals surface area contributed by atoms with E-state index in [1.807, 2.05) is 32.0 Å². The van der Waals surface area contributed by atoms with E-state index in [0.717, 1.165) is 39.1 Å². The Kier molecular flexibility index (Phi) is 7.77. The SMILES string of the molecule is Cc1cccc(C)c1Sc1ccc(S(=O)(=O)Nc2ccc(C(F)(F)F)c(O[C@]3(C)CCNC3)c2)c(Cl)c1. The largest absolute Gasteiger partial charge is 0.485 e. The lowest BCUT2D eigenvalue weighted by Crippen LogP contribution is -2.35. The second kappa shape index (κ2) is 10.4. The number of benzene rings is 3. The molecule has 0 bridgehead atoms. The molecule has 3 aromatic rings. The fourth-order valence-electron chi connectivity index (χ4n) is 4.10. The van der Waals surface area contributed by atoms with Crippen LogP contribution in [0.1, 0.15) is 30.0 Å². The number of aryl methyl sites for hydroxylation is 2. The monoisotopic (exact) mass is 570 g/mol. The average Bonchev–Trinajstić information content (AvgIpc) is 3.21. The molecule has 0 spiro atoms. The maximum Gasteiger partial charge on any atom is 0.419 e. The number of rotatable bonds is 7. The fraction of sp³-hybridized carbons (Fsp3) is 0.308. The molecule has 0 aromatic heterocycles. The number of hydrogen-bond donors (Lipinski definition) is 2. The summed E-state index contributed by atoms with van der Waals surface area (Å²) in [5.41, 5.74) is 0.283. The van der Waals surface area contributed by atoms with Gasteiger partial charge in [-0.3, -0.25) is 4.72 Å². The van der Waals surface area contributed by atoms with Gasteiger partial charge in [0.25, 0.3) is 10.0 Å². The predicted molar refractivity (Wildman–Crippen MR) is 140 cm³/mol. The summed E-state index contributed by atoms with van der Waals surface area (Å²) in [7, 11) is -4.20. The van der Waals surface area contributed by atoms with Crippen molar-refractivity contribution in [1.29, 1.82) is 0 Å². The van der Waals surface area contributed by atoms with Crippen molar-refractivity contribution in [2.75, 3.05) is 17.8 Å². The topological polar surface area (TPSA) is 67.4 Å². The molecule has 0 aliphatic carbocycles. The number of alkyl halides is 3. The lowest BCUT2D eigenvalue weighted by molar-refractivity contribution is -0.139. The van der Waals surface area contributed by atoms with Gasteiger partial charge in [0.05, 0.1) is 16.3 Å². The van der Waals surface area contributed by atoms with Crippen LogP contribution in [-0.4, -0.2) is 27.1 Å². The lowest BCUT2D eigenvalue weighted by atomic mass is 10.1. The first-order valence-electron chi connectivity index (χ1n) is 11.4. The maximum atomic E-state index is 13.6. The first-order valence-corrected chi connectivity index (χ1v) is 14.1. The molecule has 1 heterocycles. The van der Waals surface area contributed by atoms with E-state index in [1.165, 1.54) is 17.8 Å². The number of halogens is 4. The van der Waals surface area contributed by atoms with Crippen LogP contribution < -0.4 is 14.8 Å². The van der Waals surface area contributed by atoms with E-state index in [1.54, 1.807) is 19.1 Å². The number of nitrogens with one attached hydrogen (secondary N) is 2. The van der Waals surface area contributed by atoms with Gasteiger partial charge in [0.1, 0.15) is 16.2 Å². The predicted octanol–water partition coefficient (Wildman–Crippen LogP) is 7.06. The van der Waals surface area contributed by atoms with E-state index in [-0.39, 0.29) is 15.6 Å². The highest BCUT2D eigenvalue weighted by atomic mass is 35.5. The van der Waals surface area contributed by atoms with Gasteiger partial charge in [0.2, 0.25) is 0 Å². The Labute approximate surface area is 223 Å². The molecule has 0 radical (unpaired) electrons. The molecule has 1 saturated heterocycles. The summed E-state index contributed by atoms with van der Waals surface area (Å²) in [6.45, 7) is 6.68. The standard InChI is InChI=1S/C26H26ClF3N2O3S2/c1-16-5-4-6-17(2)24(16)36-19-8-10-23(21(27)14-19)37(33,34)32-18-7-9-20(26(28,29)30)22(13-18)35-25(3)11-12-31-15-25/h4-10,13-14,31-32H,11-12,15H2,1-3H3/t25-/m1/s1. The summed E-state index contributed by atoms with van der Waals surface area (Å²) in [4.78, 5) is 1.62. The average molecular weight is 571 g/mol. The Morgan fingerprint density at radius 1 is 1.08 bits per heavy atom. The number of ether oxygens (including phenoxy) is 1. The zero-order valence-corrected chi connectivity index (χ0v) is 22.8. The van der Waals surface area contributed by atoms with Gasteiger partial charge < -0.3 is 10.1 Å². The molecule has 1 aliphatic rings. The molecular formula is C26H26ClF3N2O3S2. The molecule has 0 saturated carbocycles. The zero-order chi connectivity index (χ0) is 27.0. The summed E-state index contributed by atoms with van der Waals surface area (Å²) in [6, 6.07) is 13.5. The van der Waals surface area contributed by atoms with Crippen LogP contribution in [0.3, 0.4) is 0 Å². The Balaban J connectivity index is 1.60. The molecular weight excluding hydrogens is 545 g/mol. The first kappa shape index (κ1) is 27.6. The summed E-state index contributed by atoms with van der Waals surface area (Å²) < 4.78 is 75.2. The van der Waals surface area contributed by atoms with E-state index in [2.05, 4.69) is 10.0 Å². The minimum atomic E-state index is -4.67. The van der Waals surface area contributed by atoms with Gasteiger partial charge in [0, 0.05) is 28.8 Å². The van der Waals surface area contributed by atoms with Crippen molar-refractivity contribution < 1.29 is 26.3 Å². The Morgan fingerprint density at radius 2 is 1.78 bits per heavy atom. The number of hydrogen-bond acceptors (Lipinski definition) is 5. The first-order chi connectivity index (χ1) is 17.3. The molecule has 3 aromatic carbocycles. The second-order valence-corrected chi connectivity index (χ2v) is 12.3. The van der Waals surface area contributed by atoms with Crippen LogP contribution in [0.4, 0.5) is 18.9 Å². The van der Waals surface area contributed by atoms with Crippen molar-refractivity contribution >= 4 is 39.1 Å². The Bertz CT molecular complexity index is 1400. The minimum absolute atomic E-state index is 0.00309. The van der Waals surface area contributed by atoms with Gasteiger partial charge >= 0.3 is 6.18 Å². The van der Waals surface area contributed by atoms with Crippen molar-refractivity contribution in [1.82, 2.24) is 5.32 Å². The highest BCUT2D eigenvalue weighted by Gasteiger charge is 2.38. The molecule has 5 nitrogen and oxygen atoms in total. The van der Waals surface area contributed by atoms with Crippen LogP contribution in [0, 0.1) is 13.8 Å². The molecule has 1 atom stereocenters. The van der Waals surface area contributed by atoms with Crippen molar-refractivity contribution in [3.8, 4) is 5.75 Å².